The third kappa shape index (κ3) is 4.58. The van der Waals surface area contributed by atoms with Crippen LogP contribution in [0.4, 0.5) is 5.00 Å². The molecule has 23 heavy (non-hydrogen) atoms. The van der Waals surface area contributed by atoms with E-state index in [4.69, 9.17) is 5.14 Å². The Kier molecular flexibility index (Phi) is 5.08. The van der Waals surface area contributed by atoms with Gasteiger partial charge in [0.25, 0.3) is 5.91 Å². The highest BCUT2D eigenvalue weighted by Crippen LogP contribution is 2.23. The summed E-state index contributed by atoms with van der Waals surface area (Å²) >= 11 is 0.808. The molecule has 1 aromatic carbocycles. The predicted molar refractivity (Wildman–Crippen MR) is 84.8 cm³/mol. The molecule has 1 aromatic heterocycles. The molecule has 2 aromatic rings. The molecule has 10 heteroatoms. The van der Waals surface area contributed by atoms with Crippen LogP contribution in [0.15, 0.2) is 41.3 Å². The van der Waals surface area contributed by atoms with Gasteiger partial charge in [-0.15, -0.1) is 0 Å². The zero-order chi connectivity index (χ0) is 17.0. The fourth-order valence-electron chi connectivity index (χ4n) is 1.80. The molecule has 1 amide bonds. The quantitative estimate of drug-likeness (QED) is 0.595. The first-order valence-electron chi connectivity index (χ1n) is 6.41. The first kappa shape index (κ1) is 17.1. The number of primary sulfonamides is 1. The molecule has 0 spiro atoms. The number of carbonyl (C=O) groups is 1. The van der Waals surface area contributed by atoms with Crippen LogP contribution < -0.4 is 10.5 Å². The van der Waals surface area contributed by atoms with E-state index in [2.05, 4.69) is 5.32 Å². The van der Waals surface area contributed by atoms with Crippen LogP contribution in [-0.2, 0) is 16.4 Å². The smallest absolute Gasteiger partial charge is 0.324 e. The van der Waals surface area contributed by atoms with E-state index in [0.29, 0.717) is 13.0 Å². The summed E-state index contributed by atoms with van der Waals surface area (Å²) in [5, 5.41) is 18.1. The second-order valence-corrected chi connectivity index (χ2v) is 7.21. The van der Waals surface area contributed by atoms with Gasteiger partial charge in [0.15, 0.2) is 0 Å². The number of hydrogen-bond donors (Lipinski definition) is 2. The number of benzene rings is 1. The Labute approximate surface area is 136 Å². The van der Waals surface area contributed by atoms with Crippen molar-refractivity contribution >= 4 is 32.3 Å². The first-order valence-corrected chi connectivity index (χ1v) is 8.78. The second kappa shape index (κ2) is 6.86. The number of nitro groups is 1. The number of amides is 1. The van der Waals surface area contributed by atoms with Crippen molar-refractivity contribution < 1.29 is 18.1 Å². The lowest BCUT2D eigenvalue weighted by atomic mass is 10.1. The number of rotatable bonds is 6. The maximum absolute atomic E-state index is 11.8. The van der Waals surface area contributed by atoms with Gasteiger partial charge < -0.3 is 5.32 Å². The first-order chi connectivity index (χ1) is 10.8. The molecular weight excluding hydrogens is 342 g/mol. The van der Waals surface area contributed by atoms with Crippen LogP contribution >= 0.6 is 11.3 Å². The van der Waals surface area contributed by atoms with Crippen molar-refractivity contribution in [1.29, 1.82) is 0 Å². The molecule has 3 N–H and O–H groups in total. The third-order valence-electron chi connectivity index (χ3n) is 2.95. The van der Waals surface area contributed by atoms with Crippen molar-refractivity contribution in [2.24, 2.45) is 5.14 Å². The third-order valence-corrected chi connectivity index (χ3v) is 4.91. The standard InChI is InChI=1S/C13H13N3O5S2/c14-23(20,21)10-3-1-9(2-4-10)7-8-15-13(17)11-5-6-12(22-11)16(18)19/h1-6H,7-8H2,(H,15,17)(H2,14,20,21). The number of sulfonamides is 1. The van der Waals surface area contributed by atoms with E-state index < -0.39 is 14.9 Å². The number of thiophene rings is 1. The summed E-state index contributed by atoms with van der Waals surface area (Å²) in [6, 6.07) is 8.71. The molecule has 0 unspecified atom stereocenters. The summed E-state index contributed by atoms with van der Waals surface area (Å²) in [5.74, 6) is -0.385. The molecule has 2 rings (SSSR count). The van der Waals surface area contributed by atoms with Gasteiger partial charge in [-0.05, 0) is 30.2 Å². The maximum Gasteiger partial charge on any atom is 0.324 e. The van der Waals surface area contributed by atoms with Gasteiger partial charge in [0, 0.05) is 12.6 Å². The van der Waals surface area contributed by atoms with E-state index >= 15 is 0 Å². The highest BCUT2D eigenvalue weighted by atomic mass is 32.2. The van der Waals surface area contributed by atoms with Gasteiger partial charge >= 0.3 is 5.00 Å². The maximum atomic E-state index is 11.8. The fraction of sp³-hybridized carbons (Fsp3) is 0.154. The molecule has 1 heterocycles. The predicted octanol–water partition coefficient (Wildman–Crippen LogP) is 1.28. The van der Waals surface area contributed by atoms with E-state index in [-0.39, 0.29) is 20.7 Å². The van der Waals surface area contributed by atoms with Gasteiger partial charge in [0.1, 0.15) is 0 Å². The van der Waals surface area contributed by atoms with Crippen LogP contribution in [-0.4, -0.2) is 25.8 Å². The van der Waals surface area contributed by atoms with Crippen molar-refractivity contribution in [3.8, 4) is 0 Å². The van der Waals surface area contributed by atoms with E-state index in [0.717, 1.165) is 16.9 Å². The summed E-state index contributed by atoms with van der Waals surface area (Å²) in [6.45, 7) is 0.319. The van der Waals surface area contributed by atoms with E-state index in [1.807, 2.05) is 0 Å². The molecule has 0 aliphatic rings. The molecule has 8 nitrogen and oxygen atoms in total. The van der Waals surface area contributed by atoms with Crippen molar-refractivity contribution in [3.63, 3.8) is 0 Å². The topological polar surface area (TPSA) is 132 Å². The molecule has 0 fully saturated rings. The van der Waals surface area contributed by atoms with Crippen LogP contribution in [0.2, 0.25) is 0 Å². The zero-order valence-corrected chi connectivity index (χ0v) is 13.4. The minimum Gasteiger partial charge on any atom is -0.351 e. The largest absolute Gasteiger partial charge is 0.351 e. The van der Waals surface area contributed by atoms with Crippen LogP contribution in [0, 0.1) is 10.1 Å². The normalized spacial score (nSPS) is 11.2. The summed E-state index contributed by atoms with van der Waals surface area (Å²) in [4.78, 5) is 22.1. The Hall–Kier alpha value is -2.30. The average molecular weight is 355 g/mol. The summed E-state index contributed by atoms with van der Waals surface area (Å²) in [6.07, 6.45) is 0.490. The van der Waals surface area contributed by atoms with Gasteiger partial charge in [-0.25, -0.2) is 13.6 Å². The Morgan fingerprint density at radius 3 is 2.39 bits per heavy atom. The minimum absolute atomic E-state index is 0.0242. The van der Waals surface area contributed by atoms with Crippen molar-refractivity contribution in [3.05, 3.63) is 57.0 Å². The fourth-order valence-corrected chi connectivity index (χ4v) is 3.05. The number of nitrogens with zero attached hydrogens (tertiary/aromatic N) is 1. The Balaban J connectivity index is 1.89. The van der Waals surface area contributed by atoms with Gasteiger partial charge in [0.2, 0.25) is 10.0 Å². The molecule has 0 aliphatic heterocycles. The van der Waals surface area contributed by atoms with Crippen molar-refractivity contribution in [2.75, 3.05) is 6.54 Å². The molecule has 122 valence electrons. The van der Waals surface area contributed by atoms with Gasteiger partial charge in [-0.1, -0.05) is 23.5 Å². The van der Waals surface area contributed by atoms with Gasteiger partial charge in [-0.3, -0.25) is 14.9 Å². The molecule has 0 atom stereocenters. The van der Waals surface area contributed by atoms with Crippen molar-refractivity contribution in [2.45, 2.75) is 11.3 Å². The molecule has 0 aliphatic carbocycles. The number of nitrogens with two attached hydrogens (primary N) is 1. The van der Waals surface area contributed by atoms with E-state index in [1.165, 1.54) is 24.3 Å². The summed E-state index contributed by atoms with van der Waals surface area (Å²) < 4.78 is 22.3. The Morgan fingerprint density at radius 1 is 1.22 bits per heavy atom. The highest BCUT2D eigenvalue weighted by molar-refractivity contribution is 7.89. The van der Waals surface area contributed by atoms with Gasteiger partial charge in [-0.2, -0.15) is 0 Å². The second-order valence-electron chi connectivity index (χ2n) is 4.59. The van der Waals surface area contributed by atoms with Crippen LogP contribution in [0.25, 0.3) is 0 Å². The lowest BCUT2D eigenvalue weighted by molar-refractivity contribution is -0.380. The monoisotopic (exact) mass is 355 g/mol. The lowest BCUT2D eigenvalue weighted by Gasteiger charge is -2.05. The van der Waals surface area contributed by atoms with Crippen LogP contribution in [0.5, 0.6) is 0 Å². The average Bonchev–Trinajstić information content (AvgIpc) is 2.97. The number of hydrogen-bond acceptors (Lipinski definition) is 6. The number of nitrogens with one attached hydrogen (secondary N) is 1. The number of carbonyl (C=O) groups excluding carboxylic acids is 1. The van der Waals surface area contributed by atoms with Crippen molar-refractivity contribution in [1.82, 2.24) is 5.32 Å². The summed E-state index contributed by atoms with van der Waals surface area (Å²) in [5.41, 5.74) is 0.829. The summed E-state index contributed by atoms with van der Waals surface area (Å²) in [7, 11) is -3.72. The van der Waals surface area contributed by atoms with Crippen LogP contribution in [0.3, 0.4) is 0 Å². The van der Waals surface area contributed by atoms with E-state index in [9.17, 15) is 23.3 Å². The SMILES string of the molecule is NS(=O)(=O)c1ccc(CCNC(=O)c2ccc([N+](=O)[O-])s2)cc1. The zero-order valence-electron chi connectivity index (χ0n) is 11.8. The minimum atomic E-state index is -3.72. The highest BCUT2D eigenvalue weighted by Gasteiger charge is 2.14. The molecule has 0 bridgehead atoms. The lowest BCUT2D eigenvalue weighted by Crippen LogP contribution is -2.24. The molecular formula is C13H13N3O5S2. The van der Waals surface area contributed by atoms with Crippen LogP contribution in [0.1, 0.15) is 15.2 Å². The van der Waals surface area contributed by atoms with E-state index in [1.54, 1.807) is 12.1 Å². The van der Waals surface area contributed by atoms with Gasteiger partial charge in [0.05, 0.1) is 14.7 Å². The molecule has 0 saturated heterocycles. The molecule has 0 saturated carbocycles. The molecule has 0 radical (unpaired) electrons. The Morgan fingerprint density at radius 2 is 1.87 bits per heavy atom. The Bertz CT molecular complexity index is 828.